The van der Waals surface area contributed by atoms with Crippen LogP contribution in [0.1, 0.15) is 0 Å². The second-order valence-electron chi connectivity index (χ2n) is 5.05. The maximum atomic E-state index is 11.5. The molecule has 0 radical (unpaired) electrons. The van der Waals surface area contributed by atoms with Crippen LogP contribution in [0.3, 0.4) is 0 Å². The summed E-state index contributed by atoms with van der Waals surface area (Å²) in [6.07, 6.45) is 0. The molecule has 0 saturated heterocycles. The predicted octanol–water partition coefficient (Wildman–Crippen LogP) is 3.46. The third kappa shape index (κ3) is 1.74. The molecular weight excluding hydrogens is 257 g/mol. The number of fused-ring (bicyclic) bond motifs is 3. The van der Waals surface area contributed by atoms with E-state index in [0.717, 1.165) is 29.3 Å². The zero-order valence-corrected chi connectivity index (χ0v) is 11.4. The quantitative estimate of drug-likeness (QED) is 0.511. The minimum atomic E-state index is 0.715. The Hall–Kier alpha value is -2.68. The van der Waals surface area contributed by atoms with Gasteiger partial charge in [-0.05, 0) is 0 Å². The van der Waals surface area contributed by atoms with E-state index in [-0.39, 0.29) is 0 Å². The molecule has 2 nitrogen and oxygen atoms in total. The van der Waals surface area contributed by atoms with Crippen molar-refractivity contribution in [2.75, 3.05) is 0 Å². The van der Waals surface area contributed by atoms with Crippen molar-refractivity contribution in [1.29, 1.82) is 0 Å². The number of para-hydroxylation sites is 3. The summed E-state index contributed by atoms with van der Waals surface area (Å²) in [4.78, 5) is 0. The van der Waals surface area contributed by atoms with Gasteiger partial charge in [-0.15, -0.1) is 0 Å². The Balaban J connectivity index is 2.28. The van der Waals surface area contributed by atoms with Crippen LogP contribution in [0.4, 0.5) is 0 Å². The van der Waals surface area contributed by atoms with E-state index >= 15 is 0 Å². The first-order valence-electron chi connectivity index (χ1n) is 6.93. The van der Waals surface area contributed by atoms with Gasteiger partial charge in [-0.1, -0.05) is 0 Å². The van der Waals surface area contributed by atoms with Crippen molar-refractivity contribution in [2.45, 2.75) is 0 Å². The van der Waals surface area contributed by atoms with E-state index in [9.17, 15) is 4.70 Å². The van der Waals surface area contributed by atoms with Crippen molar-refractivity contribution in [1.82, 2.24) is 4.57 Å². The standard InChI is InChI=1S/C18H12BNO/c21-19-16-11-6-10-15-14-9-4-5-12-17(14)20(18(15)16)13-7-2-1-3-8-13/h1-12H. The van der Waals surface area contributed by atoms with Gasteiger partial charge in [0.25, 0.3) is 0 Å². The summed E-state index contributed by atoms with van der Waals surface area (Å²) >= 11 is 0. The van der Waals surface area contributed by atoms with E-state index in [2.05, 4.69) is 34.9 Å². The monoisotopic (exact) mass is 269 g/mol. The third-order valence-electron chi connectivity index (χ3n) is 3.87. The molecule has 4 aromatic rings. The van der Waals surface area contributed by atoms with Gasteiger partial charge in [0.05, 0.1) is 0 Å². The molecule has 0 aliphatic rings. The van der Waals surface area contributed by atoms with Gasteiger partial charge in [-0.3, -0.25) is 0 Å². The Morgan fingerprint density at radius 1 is 0.714 bits per heavy atom. The average Bonchev–Trinajstić information content (AvgIpc) is 2.90. The van der Waals surface area contributed by atoms with Crippen molar-refractivity contribution in [3.8, 4) is 5.69 Å². The first kappa shape index (κ1) is 12.1. The van der Waals surface area contributed by atoms with Crippen molar-refractivity contribution >= 4 is 34.4 Å². The molecule has 0 N–H and O–H groups in total. The summed E-state index contributed by atoms with van der Waals surface area (Å²) < 4.78 is 13.6. The summed E-state index contributed by atoms with van der Waals surface area (Å²) in [5.41, 5.74) is 3.87. The van der Waals surface area contributed by atoms with E-state index in [0.29, 0.717) is 5.46 Å². The normalized spacial score (nSPS) is 10.9. The number of hydrogen-bond acceptors (Lipinski definition) is 1. The van der Waals surface area contributed by atoms with Gasteiger partial charge >= 0.3 is 122 Å². The fourth-order valence-corrected chi connectivity index (χ4v) is 2.99. The summed E-state index contributed by atoms with van der Waals surface area (Å²) in [6, 6.07) is 24.3. The zero-order valence-electron chi connectivity index (χ0n) is 11.4. The number of hydrogen-bond donors (Lipinski definition) is 0. The molecule has 98 valence electrons. The molecule has 0 saturated carbocycles. The molecule has 3 heteroatoms. The third-order valence-corrected chi connectivity index (χ3v) is 3.87. The predicted molar refractivity (Wildman–Crippen MR) is 86.9 cm³/mol. The summed E-state index contributed by atoms with van der Waals surface area (Å²) in [5.74, 6) is 0. The molecule has 0 spiro atoms. The van der Waals surface area contributed by atoms with Gasteiger partial charge in [0.1, 0.15) is 0 Å². The summed E-state index contributed by atoms with van der Waals surface area (Å²) in [7, 11) is 0.931. The van der Waals surface area contributed by atoms with Gasteiger partial charge in [-0.2, -0.15) is 0 Å². The summed E-state index contributed by atoms with van der Waals surface area (Å²) in [6.45, 7) is 0. The van der Waals surface area contributed by atoms with Crippen LogP contribution in [-0.2, 0) is 4.70 Å². The van der Waals surface area contributed by atoms with Gasteiger partial charge in [0.2, 0.25) is 0 Å². The maximum absolute atomic E-state index is 11.5. The van der Waals surface area contributed by atoms with Gasteiger partial charge in [-0.25, -0.2) is 0 Å². The molecule has 1 heterocycles. The number of rotatable bonds is 2. The van der Waals surface area contributed by atoms with E-state index in [1.807, 2.05) is 42.5 Å². The van der Waals surface area contributed by atoms with Crippen LogP contribution in [-0.4, -0.2) is 11.7 Å². The van der Waals surface area contributed by atoms with Crippen LogP contribution < -0.4 is 5.46 Å². The Kier molecular flexibility index (Phi) is 2.71. The first-order chi connectivity index (χ1) is 10.4. The van der Waals surface area contributed by atoms with Crippen LogP contribution in [0, 0.1) is 0 Å². The second kappa shape index (κ2) is 4.71. The fourth-order valence-electron chi connectivity index (χ4n) is 2.99. The van der Waals surface area contributed by atoms with Crippen molar-refractivity contribution in [2.24, 2.45) is 0 Å². The SMILES string of the molecule is O=Bc1cccc2c3ccccc3n(-c3ccccc3)c12. The van der Waals surface area contributed by atoms with E-state index in [1.165, 1.54) is 5.39 Å². The molecular formula is C18H12BNO. The van der Waals surface area contributed by atoms with Gasteiger partial charge < -0.3 is 0 Å². The van der Waals surface area contributed by atoms with Gasteiger partial charge in [0.15, 0.2) is 0 Å². The Morgan fingerprint density at radius 2 is 1.43 bits per heavy atom. The van der Waals surface area contributed by atoms with E-state index in [4.69, 9.17) is 0 Å². The van der Waals surface area contributed by atoms with Crippen LogP contribution in [0.15, 0.2) is 72.8 Å². The van der Waals surface area contributed by atoms with Crippen LogP contribution in [0.25, 0.3) is 27.5 Å². The van der Waals surface area contributed by atoms with E-state index in [1.54, 1.807) is 0 Å². The number of benzene rings is 3. The topological polar surface area (TPSA) is 22.0 Å². The summed E-state index contributed by atoms with van der Waals surface area (Å²) in [5, 5.41) is 2.28. The average molecular weight is 269 g/mol. The van der Waals surface area contributed by atoms with Crippen molar-refractivity contribution in [3.63, 3.8) is 0 Å². The molecule has 0 fully saturated rings. The minimum absolute atomic E-state index is 0.715. The number of aromatic nitrogens is 1. The molecule has 0 amide bonds. The molecule has 3 aromatic carbocycles. The Bertz CT molecular complexity index is 957. The van der Waals surface area contributed by atoms with Crippen LogP contribution >= 0.6 is 0 Å². The first-order valence-corrected chi connectivity index (χ1v) is 6.93. The van der Waals surface area contributed by atoms with Crippen LogP contribution in [0.2, 0.25) is 0 Å². The Labute approximate surface area is 122 Å². The number of nitrogens with zero attached hydrogens (tertiary/aromatic N) is 1. The second-order valence-corrected chi connectivity index (χ2v) is 5.05. The van der Waals surface area contributed by atoms with Crippen LogP contribution in [0.5, 0.6) is 0 Å². The zero-order chi connectivity index (χ0) is 14.2. The van der Waals surface area contributed by atoms with Crippen molar-refractivity contribution < 1.29 is 4.70 Å². The molecule has 0 aliphatic heterocycles. The molecule has 0 atom stereocenters. The molecule has 4 rings (SSSR count). The molecule has 0 bridgehead atoms. The molecule has 0 aliphatic carbocycles. The van der Waals surface area contributed by atoms with Crippen molar-refractivity contribution in [3.05, 3.63) is 72.8 Å². The Morgan fingerprint density at radius 3 is 2.24 bits per heavy atom. The molecule has 0 unspecified atom stereocenters. The molecule has 21 heavy (non-hydrogen) atoms. The fraction of sp³-hybridized carbons (Fsp3) is 0. The van der Waals surface area contributed by atoms with E-state index < -0.39 is 0 Å². The molecule has 1 aromatic heterocycles. The van der Waals surface area contributed by atoms with Gasteiger partial charge in [0, 0.05) is 0 Å².